The Kier molecular flexibility index (Phi) is 5.70. The van der Waals surface area contributed by atoms with Crippen LogP contribution in [0.25, 0.3) is 11.0 Å². The fourth-order valence-corrected chi connectivity index (χ4v) is 4.04. The molecule has 0 radical (unpaired) electrons. The van der Waals surface area contributed by atoms with Crippen LogP contribution in [-0.2, 0) is 9.59 Å². The number of hydrogen-bond acceptors (Lipinski definition) is 4. The van der Waals surface area contributed by atoms with Crippen LogP contribution in [0.2, 0.25) is 0 Å². The Balaban J connectivity index is 1.57. The summed E-state index contributed by atoms with van der Waals surface area (Å²) in [6.45, 7) is 4.00. The van der Waals surface area contributed by atoms with Crippen molar-refractivity contribution >= 4 is 40.1 Å². The molecule has 3 aromatic rings. The van der Waals surface area contributed by atoms with Crippen molar-refractivity contribution in [3.05, 3.63) is 53.9 Å². The first-order valence-electron chi connectivity index (χ1n) is 10.3. The largest absolute Gasteiger partial charge is 0.342 e. The highest BCUT2D eigenvalue weighted by atomic mass is 16.2. The van der Waals surface area contributed by atoms with Gasteiger partial charge in [0.25, 0.3) is 5.91 Å². The smallest absolute Gasteiger partial charge is 0.254 e. The standard InChI is InChI=1S/C23H25N5O3/c1-14(29)24-18-10-17(11-19(12-18)25-15(2)30)23(31)28-9-5-6-16(13-28)22-26-20-7-3-4-8-21(20)27-22/h3-4,7-8,10-12,16H,5-6,9,13H2,1-2H3,(H,24,29)(H,25,30)(H,26,27). The lowest BCUT2D eigenvalue weighted by molar-refractivity contribution is -0.115. The first-order chi connectivity index (χ1) is 14.9. The maximum Gasteiger partial charge on any atom is 0.254 e. The van der Waals surface area contributed by atoms with Crippen LogP contribution in [0.4, 0.5) is 11.4 Å². The van der Waals surface area contributed by atoms with E-state index in [1.807, 2.05) is 29.2 Å². The zero-order valence-electron chi connectivity index (χ0n) is 17.6. The number of carbonyl (C=O) groups excluding carboxylic acids is 3. The van der Waals surface area contributed by atoms with Crippen LogP contribution in [0, 0.1) is 0 Å². The third-order valence-electron chi connectivity index (χ3n) is 5.32. The molecule has 4 rings (SSSR count). The Hall–Kier alpha value is -3.68. The number of rotatable bonds is 4. The minimum atomic E-state index is -0.249. The van der Waals surface area contributed by atoms with Gasteiger partial charge in [0.1, 0.15) is 5.82 Å². The number of hydrogen-bond donors (Lipinski definition) is 3. The fraction of sp³-hybridized carbons (Fsp3) is 0.304. The number of aromatic amines is 1. The minimum absolute atomic E-state index is 0.124. The van der Waals surface area contributed by atoms with E-state index in [4.69, 9.17) is 4.98 Å². The molecule has 8 heteroatoms. The van der Waals surface area contributed by atoms with Crippen LogP contribution in [0.15, 0.2) is 42.5 Å². The van der Waals surface area contributed by atoms with Gasteiger partial charge in [0.15, 0.2) is 0 Å². The van der Waals surface area contributed by atoms with Gasteiger partial charge in [-0.1, -0.05) is 12.1 Å². The van der Waals surface area contributed by atoms with Gasteiger partial charge in [0.05, 0.1) is 11.0 Å². The lowest BCUT2D eigenvalue weighted by atomic mass is 9.96. The molecule has 1 aromatic heterocycles. The van der Waals surface area contributed by atoms with Crippen molar-refractivity contribution in [2.45, 2.75) is 32.6 Å². The van der Waals surface area contributed by atoms with Crippen molar-refractivity contribution in [2.24, 2.45) is 0 Å². The number of fused-ring (bicyclic) bond motifs is 1. The molecule has 1 fully saturated rings. The number of para-hydroxylation sites is 2. The van der Waals surface area contributed by atoms with E-state index in [0.717, 1.165) is 29.7 Å². The second-order valence-electron chi connectivity index (χ2n) is 7.89. The molecule has 31 heavy (non-hydrogen) atoms. The molecule has 1 saturated heterocycles. The van der Waals surface area contributed by atoms with E-state index < -0.39 is 0 Å². The Morgan fingerprint density at radius 1 is 1.03 bits per heavy atom. The summed E-state index contributed by atoms with van der Waals surface area (Å²) in [6.07, 6.45) is 1.82. The molecular weight excluding hydrogens is 394 g/mol. The summed E-state index contributed by atoms with van der Waals surface area (Å²) in [5.74, 6) is 0.380. The molecule has 160 valence electrons. The topological polar surface area (TPSA) is 107 Å². The number of anilines is 2. The molecule has 1 unspecified atom stereocenters. The number of imidazole rings is 1. The number of H-pyrrole nitrogens is 1. The maximum atomic E-state index is 13.3. The van der Waals surface area contributed by atoms with Crippen LogP contribution in [0.5, 0.6) is 0 Å². The van der Waals surface area contributed by atoms with E-state index in [9.17, 15) is 14.4 Å². The number of carbonyl (C=O) groups is 3. The quantitative estimate of drug-likeness (QED) is 0.602. The van der Waals surface area contributed by atoms with E-state index in [2.05, 4.69) is 15.6 Å². The first kappa shape index (κ1) is 20.6. The van der Waals surface area contributed by atoms with Gasteiger partial charge < -0.3 is 20.5 Å². The number of aromatic nitrogens is 2. The van der Waals surface area contributed by atoms with Gasteiger partial charge in [0.2, 0.25) is 11.8 Å². The van der Waals surface area contributed by atoms with Gasteiger partial charge in [-0.05, 0) is 43.2 Å². The van der Waals surface area contributed by atoms with E-state index in [1.54, 1.807) is 18.2 Å². The number of amides is 3. The van der Waals surface area contributed by atoms with E-state index in [1.165, 1.54) is 13.8 Å². The maximum absolute atomic E-state index is 13.3. The lowest BCUT2D eigenvalue weighted by Crippen LogP contribution is -2.39. The number of nitrogens with zero attached hydrogens (tertiary/aromatic N) is 2. The second kappa shape index (κ2) is 8.59. The molecule has 2 heterocycles. The lowest BCUT2D eigenvalue weighted by Gasteiger charge is -2.32. The van der Waals surface area contributed by atoms with Crippen molar-refractivity contribution in [2.75, 3.05) is 23.7 Å². The Bertz CT molecular complexity index is 1090. The van der Waals surface area contributed by atoms with E-state index >= 15 is 0 Å². The molecule has 3 N–H and O–H groups in total. The number of nitrogens with one attached hydrogen (secondary N) is 3. The summed E-state index contributed by atoms with van der Waals surface area (Å²) < 4.78 is 0. The van der Waals surface area contributed by atoms with Crippen molar-refractivity contribution < 1.29 is 14.4 Å². The molecule has 0 saturated carbocycles. The molecule has 2 aromatic carbocycles. The van der Waals surface area contributed by atoms with Gasteiger partial charge in [-0.2, -0.15) is 0 Å². The Morgan fingerprint density at radius 2 is 1.71 bits per heavy atom. The highest BCUT2D eigenvalue weighted by Gasteiger charge is 2.28. The number of benzene rings is 2. The van der Waals surface area contributed by atoms with Gasteiger partial charge in [0, 0.05) is 49.8 Å². The summed E-state index contributed by atoms with van der Waals surface area (Å²) in [7, 11) is 0. The van der Waals surface area contributed by atoms with Gasteiger partial charge >= 0.3 is 0 Å². The predicted octanol–water partition coefficient (Wildman–Crippen LogP) is 3.50. The van der Waals surface area contributed by atoms with Gasteiger partial charge in [-0.15, -0.1) is 0 Å². The highest BCUT2D eigenvalue weighted by molar-refractivity contribution is 6.00. The van der Waals surface area contributed by atoms with Crippen LogP contribution in [-0.4, -0.2) is 45.7 Å². The molecular formula is C23H25N5O3. The molecule has 3 amide bonds. The van der Waals surface area contributed by atoms with Crippen LogP contribution in [0.3, 0.4) is 0 Å². The van der Waals surface area contributed by atoms with Gasteiger partial charge in [-0.3, -0.25) is 14.4 Å². The molecule has 1 aliphatic rings. The third kappa shape index (κ3) is 4.74. The first-order valence-corrected chi connectivity index (χ1v) is 10.3. The van der Waals surface area contributed by atoms with Crippen molar-refractivity contribution in [3.63, 3.8) is 0 Å². The zero-order chi connectivity index (χ0) is 22.0. The SMILES string of the molecule is CC(=O)Nc1cc(NC(C)=O)cc(C(=O)N2CCCC(c3nc4ccccc4[nH]3)C2)c1. The molecule has 0 aliphatic carbocycles. The van der Waals surface area contributed by atoms with E-state index in [0.29, 0.717) is 30.0 Å². The van der Waals surface area contributed by atoms with Crippen LogP contribution >= 0.6 is 0 Å². The number of likely N-dealkylation sites (tertiary alicyclic amines) is 1. The third-order valence-corrected chi connectivity index (χ3v) is 5.32. The minimum Gasteiger partial charge on any atom is -0.342 e. The van der Waals surface area contributed by atoms with Crippen molar-refractivity contribution in [3.8, 4) is 0 Å². The Labute approximate surface area is 180 Å². The summed E-state index contributed by atoms with van der Waals surface area (Å²) in [5.41, 5.74) is 3.26. The summed E-state index contributed by atoms with van der Waals surface area (Å²) in [5, 5.41) is 5.38. The summed E-state index contributed by atoms with van der Waals surface area (Å²) in [4.78, 5) is 46.2. The van der Waals surface area contributed by atoms with E-state index in [-0.39, 0.29) is 23.6 Å². The molecule has 8 nitrogen and oxygen atoms in total. The average Bonchev–Trinajstić information content (AvgIpc) is 3.16. The van der Waals surface area contributed by atoms with Crippen LogP contribution < -0.4 is 10.6 Å². The fourth-order valence-electron chi connectivity index (χ4n) is 4.04. The monoisotopic (exact) mass is 419 g/mol. The van der Waals surface area contributed by atoms with Gasteiger partial charge in [-0.25, -0.2) is 4.98 Å². The average molecular weight is 419 g/mol. The molecule has 1 atom stereocenters. The summed E-state index contributed by atoms with van der Waals surface area (Å²) in [6, 6.07) is 12.8. The Morgan fingerprint density at radius 3 is 2.35 bits per heavy atom. The molecule has 1 aliphatic heterocycles. The zero-order valence-corrected chi connectivity index (χ0v) is 17.6. The summed E-state index contributed by atoms with van der Waals surface area (Å²) >= 11 is 0. The van der Waals surface area contributed by atoms with Crippen LogP contribution in [0.1, 0.15) is 48.8 Å². The van der Waals surface area contributed by atoms with Crippen molar-refractivity contribution in [1.29, 1.82) is 0 Å². The second-order valence-corrected chi connectivity index (χ2v) is 7.89. The van der Waals surface area contributed by atoms with Crippen molar-refractivity contribution in [1.82, 2.24) is 14.9 Å². The number of piperidine rings is 1. The predicted molar refractivity (Wildman–Crippen MR) is 119 cm³/mol. The molecule has 0 bridgehead atoms. The normalized spacial score (nSPS) is 16.2. The molecule has 0 spiro atoms. The highest BCUT2D eigenvalue weighted by Crippen LogP contribution is 2.28.